The van der Waals surface area contributed by atoms with Crippen molar-refractivity contribution in [1.29, 1.82) is 0 Å². The van der Waals surface area contributed by atoms with E-state index in [4.69, 9.17) is 4.52 Å². The van der Waals surface area contributed by atoms with E-state index in [0.717, 1.165) is 17.9 Å². The molecule has 4 heteroatoms. The van der Waals surface area contributed by atoms with E-state index in [1.165, 1.54) is 0 Å². The zero-order valence-corrected chi connectivity index (χ0v) is 8.84. The van der Waals surface area contributed by atoms with Crippen molar-refractivity contribution in [2.24, 2.45) is 0 Å². The van der Waals surface area contributed by atoms with E-state index < -0.39 is 0 Å². The van der Waals surface area contributed by atoms with Crippen molar-refractivity contribution in [2.45, 2.75) is 26.2 Å². The zero-order valence-electron chi connectivity index (χ0n) is 8.84. The largest absolute Gasteiger partial charge is 0.332 e. The lowest BCUT2D eigenvalue weighted by atomic mass is 10.1. The number of rotatable bonds is 3. The highest BCUT2D eigenvalue weighted by Crippen LogP contribution is 2.19. The highest BCUT2D eigenvalue weighted by atomic mass is 16.5. The summed E-state index contributed by atoms with van der Waals surface area (Å²) in [7, 11) is 0. The van der Waals surface area contributed by atoms with Crippen molar-refractivity contribution in [3.63, 3.8) is 0 Å². The molecule has 2 rings (SSSR count). The van der Waals surface area contributed by atoms with Crippen LogP contribution < -0.4 is 0 Å². The van der Waals surface area contributed by atoms with E-state index in [9.17, 15) is 0 Å². The van der Waals surface area contributed by atoms with Gasteiger partial charge >= 0.3 is 0 Å². The van der Waals surface area contributed by atoms with Gasteiger partial charge in [0.25, 0.3) is 5.89 Å². The average molecular weight is 203 g/mol. The summed E-state index contributed by atoms with van der Waals surface area (Å²) < 4.78 is 5.15. The second-order valence-corrected chi connectivity index (χ2v) is 3.48. The number of pyridine rings is 1. The summed E-state index contributed by atoms with van der Waals surface area (Å²) >= 11 is 0. The van der Waals surface area contributed by atoms with Crippen LogP contribution in [0.1, 0.15) is 32.0 Å². The average Bonchev–Trinajstić information content (AvgIpc) is 2.78. The lowest BCUT2D eigenvalue weighted by molar-refractivity contribution is 0.415. The van der Waals surface area contributed by atoms with Gasteiger partial charge in [-0.05, 0) is 18.6 Å². The summed E-state index contributed by atoms with van der Waals surface area (Å²) in [6, 6.07) is 5.61. The maximum atomic E-state index is 5.15. The molecule has 2 heterocycles. The van der Waals surface area contributed by atoms with Gasteiger partial charge in [0.1, 0.15) is 5.69 Å². The molecule has 0 saturated carbocycles. The molecule has 0 bridgehead atoms. The van der Waals surface area contributed by atoms with Gasteiger partial charge in [-0.2, -0.15) is 4.98 Å². The first-order valence-corrected chi connectivity index (χ1v) is 5.06. The van der Waals surface area contributed by atoms with Gasteiger partial charge in [0.15, 0.2) is 5.82 Å². The topological polar surface area (TPSA) is 51.8 Å². The molecule has 1 atom stereocenters. The Kier molecular flexibility index (Phi) is 2.76. The molecular weight excluding hydrogens is 190 g/mol. The smallest absolute Gasteiger partial charge is 0.276 e. The molecule has 0 aliphatic carbocycles. The molecule has 0 fully saturated rings. The number of nitrogens with zero attached hydrogens (tertiary/aromatic N) is 3. The third-order valence-electron chi connectivity index (χ3n) is 2.38. The molecular formula is C11H13N3O. The molecule has 0 saturated heterocycles. The third kappa shape index (κ3) is 2.03. The van der Waals surface area contributed by atoms with Crippen LogP contribution in [0, 0.1) is 0 Å². The van der Waals surface area contributed by atoms with Crippen LogP contribution in [0.3, 0.4) is 0 Å². The van der Waals surface area contributed by atoms with Gasteiger partial charge in [-0.1, -0.05) is 25.1 Å². The van der Waals surface area contributed by atoms with Gasteiger partial charge in [0, 0.05) is 12.1 Å². The Morgan fingerprint density at radius 1 is 1.40 bits per heavy atom. The molecule has 0 aromatic carbocycles. The Morgan fingerprint density at radius 2 is 2.27 bits per heavy atom. The van der Waals surface area contributed by atoms with E-state index in [1.54, 1.807) is 6.20 Å². The van der Waals surface area contributed by atoms with Gasteiger partial charge < -0.3 is 4.52 Å². The highest BCUT2D eigenvalue weighted by Gasteiger charge is 2.13. The van der Waals surface area contributed by atoms with Gasteiger partial charge in [-0.3, -0.25) is 4.98 Å². The predicted octanol–water partition coefficient (Wildman–Crippen LogP) is 2.65. The van der Waals surface area contributed by atoms with Crippen molar-refractivity contribution in [3.8, 4) is 11.6 Å². The van der Waals surface area contributed by atoms with Crippen molar-refractivity contribution >= 4 is 0 Å². The predicted molar refractivity (Wildman–Crippen MR) is 56.2 cm³/mol. The van der Waals surface area contributed by atoms with Crippen molar-refractivity contribution in [1.82, 2.24) is 15.1 Å². The Bertz CT molecular complexity index is 424. The monoisotopic (exact) mass is 203 g/mol. The van der Waals surface area contributed by atoms with Crippen molar-refractivity contribution in [3.05, 3.63) is 30.2 Å². The molecule has 0 radical (unpaired) electrons. The Hall–Kier alpha value is -1.71. The molecule has 0 aliphatic heterocycles. The molecule has 78 valence electrons. The van der Waals surface area contributed by atoms with E-state index in [0.29, 0.717) is 11.8 Å². The summed E-state index contributed by atoms with van der Waals surface area (Å²) in [5.41, 5.74) is 0.722. The lowest BCUT2D eigenvalue weighted by Crippen LogP contribution is -1.93. The molecule has 0 N–H and O–H groups in total. The van der Waals surface area contributed by atoms with Crippen LogP contribution in [0.5, 0.6) is 0 Å². The summed E-state index contributed by atoms with van der Waals surface area (Å²) in [5.74, 6) is 1.57. The van der Waals surface area contributed by atoms with Crippen molar-refractivity contribution in [2.75, 3.05) is 0 Å². The second kappa shape index (κ2) is 4.21. The minimum absolute atomic E-state index is 0.325. The summed E-state index contributed by atoms with van der Waals surface area (Å²) in [6.07, 6.45) is 2.71. The molecule has 4 nitrogen and oxygen atoms in total. The van der Waals surface area contributed by atoms with Gasteiger partial charge in [-0.25, -0.2) is 0 Å². The molecule has 15 heavy (non-hydrogen) atoms. The number of aromatic nitrogens is 3. The van der Waals surface area contributed by atoms with Crippen LogP contribution in [-0.2, 0) is 0 Å². The SMILES string of the molecule is CCC(C)c1noc(-c2ccccn2)n1. The quantitative estimate of drug-likeness (QED) is 0.769. The van der Waals surface area contributed by atoms with E-state index in [2.05, 4.69) is 29.0 Å². The zero-order chi connectivity index (χ0) is 10.7. The normalized spacial score (nSPS) is 12.7. The van der Waals surface area contributed by atoms with Gasteiger partial charge in [0.05, 0.1) is 0 Å². The maximum absolute atomic E-state index is 5.15. The molecule has 2 aromatic rings. The van der Waals surface area contributed by atoms with Crippen LogP contribution in [0.15, 0.2) is 28.9 Å². The summed E-state index contributed by atoms with van der Waals surface area (Å²) in [5, 5.41) is 3.94. The summed E-state index contributed by atoms with van der Waals surface area (Å²) in [6.45, 7) is 4.18. The van der Waals surface area contributed by atoms with E-state index in [1.807, 2.05) is 18.2 Å². The van der Waals surface area contributed by atoms with Crippen molar-refractivity contribution < 1.29 is 4.52 Å². The minimum atomic E-state index is 0.325. The lowest BCUT2D eigenvalue weighted by Gasteiger charge is -1.98. The van der Waals surface area contributed by atoms with Crippen LogP contribution in [0.25, 0.3) is 11.6 Å². The summed E-state index contributed by atoms with van der Waals surface area (Å²) in [4.78, 5) is 8.46. The fraction of sp³-hybridized carbons (Fsp3) is 0.364. The fourth-order valence-electron chi connectivity index (χ4n) is 1.21. The first kappa shape index (κ1) is 9.83. The molecule has 0 amide bonds. The first-order valence-electron chi connectivity index (χ1n) is 5.06. The number of hydrogen-bond donors (Lipinski definition) is 0. The fourth-order valence-corrected chi connectivity index (χ4v) is 1.21. The Balaban J connectivity index is 2.28. The third-order valence-corrected chi connectivity index (χ3v) is 2.38. The Labute approximate surface area is 88.4 Å². The number of hydrogen-bond acceptors (Lipinski definition) is 4. The molecule has 0 spiro atoms. The molecule has 1 unspecified atom stereocenters. The van der Waals surface area contributed by atoms with Crippen LogP contribution >= 0.6 is 0 Å². The highest BCUT2D eigenvalue weighted by molar-refractivity contribution is 5.45. The minimum Gasteiger partial charge on any atom is -0.332 e. The van der Waals surface area contributed by atoms with Gasteiger partial charge in [-0.15, -0.1) is 0 Å². The standard InChI is InChI=1S/C11H13N3O/c1-3-8(2)10-13-11(15-14-10)9-6-4-5-7-12-9/h4-8H,3H2,1-2H3. The molecule has 2 aromatic heterocycles. The van der Waals surface area contributed by atoms with Crippen LogP contribution in [-0.4, -0.2) is 15.1 Å². The Morgan fingerprint density at radius 3 is 2.93 bits per heavy atom. The first-order chi connectivity index (χ1) is 7.31. The van der Waals surface area contributed by atoms with Gasteiger partial charge in [0.2, 0.25) is 0 Å². The van der Waals surface area contributed by atoms with Crippen LogP contribution in [0.4, 0.5) is 0 Å². The van der Waals surface area contributed by atoms with Crippen LogP contribution in [0.2, 0.25) is 0 Å². The van der Waals surface area contributed by atoms with E-state index >= 15 is 0 Å². The van der Waals surface area contributed by atoms with E-state index in [-0.39, 0.29) is 0 Å². The maximum Gasteiger partial charge on any atom is 0.276 e. The second-order valence-electron chi connectivity index (χ2n) is 3.48. The molecule has 0 aliphatic rings.